The molecule has 0 saturated heterocycles. The summed E-state index contributed by atoms with van der Waals surface area (Å²) in [6.07, 6.45) is 3.23. The van der Waals surface area contributed by atoms with Crippen molar-refractivity contribution in [2.75, 3.05) is 0 Å². The summed E-state index contributed by atoms with van der Waals surface area (Å²) in [7, 11) is 1.73. The Bertz CT molecular complexity index is 552. The average molecular weight is 239 g/mol. The Morgan fingerprint density at radius 1 is 1.50 bits per heavy atom. The van der Waals surface area contributed by atoms with Crippen molar-refractivity contribution in [3.8, 4) is 11.5 Å². The van der Waals surface area contributed by atoms with E-state index >= 15 is 0 Å². The maximum Gasteiger partial charge on any atom is 0.298 e. The Balaban J connectivity index is 2.67. The van der Waals surface area contributed by atoms with Gasteiger partial charge in [0, 0.05) is 25.5 Å². The second-order valence-corrected chi connectivity index (χ2v) is 3.51. The quantitative estimate of drug-likeness (QED) is 0.456. The first kappa shape index (κ1) is 10.6. The molecule has 0 amide bonds. The van der Waals surface area contributed by atoms with Gasteiger partial charge in [-0.1, -0.05) is 11.6 Å². The van der Waals surface area contributed by atoms with Crippen molar-refractivity contribution >= 4 is 17.3 Å². The Hall–Kier alpha value is -1.95. The van der Waals surface area contributed by atoms with E-state index in [0.29, 0.717) is 5.82 Å². The molecular formula is C9H7ClN4O2. The summed E-state index contributed by atoms with van der Waals surface area (Å²) >= 11 is 5.72. The Kier molecular flexibility index (Phi) is 2.57. The Morgan fingerprint density at radius 3 is 2.81 bits per heavy atom. The van der Waals surface area contributed by atoms with E-state index < -0.39 is 4.92 Å². The molecule has 2 rings (SSSR count). The number of rotatable bonds is 2. The highest BCUT2D eigenvalue weighted by Gasteiger charge is 2.20. The molecule has 0 atom stereocenters. The van der Waals surface area contributed by atoms with Crippen molar-refractivity contribution in [3.63, 3.8) is 0 Å². The lowest BCUT2D eigenvalue weighted by Gasteiger charge is -2.02. The molecule has 0 N–H and O–H groups in total. The summed E-state index contributed by atoms with van der Waals surface area (Å²) in [6, 6.07) is 2.70. The third-order valence-corrected chi connectivity index (χ3v) is 2.28. The summed E-state index contributed by atoms with van der Waals surface area (Å²) in [5.74, 6) is 0.411. The third-order valence-electron chi connectivity index (χ3n) is 2.07. The lowest BCUT2D eigenvalue weighted by Crippen LogP contribution is -1.99. The van der Waals surface area contributed by atoms with Gasteiger partial charge in [-0.3, -0.25) is 10.1 Å². The van der Waals surface area contributed by atoms with Gasteiger partial charge >= 0.3 is 0 Å². The van der Waals surface area contributed by atoms with Crippen molar-refractivity contribution < 1.29 is 4.92 Å². The second-order valence-electron chi connectivity index (χ2n) is 3.12. The molecule has 0 aliphatic rings. The number of imidazole rings is 1. The molecule has 0 aliphatic heterocycles. The second kappa shape index (κ2) is 3.90. The highest BCUT2D eigenvalue weighted by atomic mass is 35.5. The number of halogens is 1. The lowest BCUT2D eigenvalue weighted by atomic mass is 10.3. The fourth-order valence-corrected chi connectivity index (χ4v) is 1.48. The molecule has 2 aromatic heterocycles. The smallest absolute Gasteiger partial charge is 0.298 e. The first-order valence-corrected chi connectivity index (χ1v) is 4.76. The van der Waals surface area contributed by atoms with Crippen LogP contribution < -0.4 is 0 Å². The first-order chi connectivity index (χ1) is 7.59. The minimum atomic E-state index is -0.507. The van der Waals surface area contributed by atoms with Gasteiger partial charge in [-0.15, -0.1) is 0 Å². The van der Waals surface area contributed by atoms with E-state index in [4.69, 9.17) is 11.6 Å². The molecule has 2 heterocycles. The molecule has 16 heavy (non-hydrogen) atoms. The van der Waals surface area contributed by atoms with Crippen molar-refractivity contribution in [2.24, 2.45) is 7.05 Å². The number of aryl methyl sites for hydroxylation is 1. The minimum absolute atomic E-state index is 0.112. The normalized spacial score (nSPS) is 10.4. The van der Waals surface area contributed by atoms with Crippen molar-refractivity contribution in [1.29, 1.82) is 0 Å². The van der Waals surface area contributed by atoms with Crippen LogP contribution in [0.1, 0.15) is 0 Å². The van der Waals surface area contributed by atoms with Crippen LogP contribution in [0.5, 0.6) is 0 Å². The van der Waals surface area contributed by atoms with Gasteiger partial charge < -0.3 is 4.57 Å². The van der Waals surface area contributed by atoms with E-state index in [1.165, 1.54) is 12.1 Å². The van der Waals surface area contributed by atoms with E-state index in [-0.39, 0.29) is 16.5 Å². The summed E-state index contributed by atoms with van der Waals surface area (Å²) in [4.78, 5) is 18.3. The van der Waals surface area contributed by atoms with Gasteiger partial charge in [0.25, 0.3) is 5.69 Å². The van der Waals surface area contributed by atoms with Crippen molar-refractivity contribution in [1.82, 2.24) is 14.5 Å². The SMILES string of the molecule is Cn1ccnc1-c1nc(Cl)ccc1[N+](=O)[O-]. The standard InChI is InChI=1S/C9H7ClN4O2/c1-13-5-4-11-9(13)8-6(14(15)16)2-3-7(10)12-8/h2-5H,1H3. The number of nitrogens with zero attached hydrogens (tertiary/aromatic N) is 4. The number of nitro groups is 1. The zero-order valence-corrected chi connectivity index (χ0v) is 9.05. The molecule has 0 spiro atoms. The maximum atomic E-state index is 10.8. The van der Waals surface area contributed by atoms with Gasteiger partial charge in [0.15, 0.2) is 11.5 Å². The fraction of sp³-hybridized carbons (Fsp3) is 0.111. The van der Waals surface area contributed by atoms with Gasteiger partial charge in [-0.25, -0.2) is 9.97 Å². The Morgan fingerprint density at radius 2 is 2.25 bits per heavy atom. The Labute approximate surface area is 95.7 Å². The number of aromatic nitrogens is 3. The third kappa shape index (κ3) is 1.74. The largest absolute Gasteiger partial charge is 0.333 e. The zero-order valence-electron chi connectivity index (χ0n) is 8.29. The van der Waals surface area contributed by atoms with Crippen LogP contribution >= 0.6 is 11.6 Å². The van der Waals surface area contributed by atoms with Crippen molar-refractivity contribution in [2.45, 2.75) is 0 Å². The van der Waals surface area contributed by atoms with Crippen LogP contribution in [0, 0.1) is 10.1 Å². The molecule has 0 saturated carbocycles. The zero-order chi connectivity index (χ0) is 11.7. The molecule has 7 heteroatoms. The lowest BCUT2D eigenvalue weighted by molar-refractivity contribution is -0.384. The van der Waals surface area contributed by atoms with Crippen LogP contribution in [0.15, 0.2) is 24.5 Å². The van der Waals surface area contributed by atoms with E-state index in [1.807, 2.05) is 0 Å². The number of hydrogen-bond acceptors (Lipinski definition) is 4. The molecular weight excluding hydrogens is 232 g/mol. The molecule has 0 aliphatic carbocycles. The van der Waals surface area contributed by atoms with Crippen LogP contribution in [0.25, 0.3) is 11.5 Å². The first-order valence-electron chi connectivity index (χ1n) is 4.38. The molecule has 0 fully saturated rings. The van der Waals surface area contributed by atoms with Gasteiger partial charge in [-0.05, 0) is 6.07 Å². The fourth-order valence-electron chi connectivity index (χ4n) is 1.33. The minimum Gasteiger partial charge on any atom is -0.333 e. The van der Waals surface area contributed by atoms with E-state index in [2.05, 4.69) is 9.97 Å². The van der Waals surface area contributed by atoms with E-state index in [1.54, 1.807) is 24.0 Å². The van der Waals surface area contributed by atoms with Gasteiger partial charge in [0.05, 0.1) is 4.92 Å². The molecule has 0 radical (unpaired) electrons. The predicted octanol–water partition coefficient (Wildman–Crippen LogP) is 2.04. The predicted molar refractivity (Wildman–Crippen MR) is 58.1 cm³/mol. The van der Waals surface area contributed by atoms with Gasteiger partial charge in [0.1, 0.15) is 5.15 Å². The molecule has 0 aromatic carbocycles. The summed E-state index contributed by atoms with van der Waals surface area (Å²) < 4.78 is 1.64. The van der Waals surface area contributed by atoms with Crippen LogP contribution in [-0.4, -0.2) is 19.5 Å². The maximum absolute atomic E-state index is 10.8. The van der Waals surface area contributed by atoms with Crippen LogP contribution in [-0.2, 0) is 7.05 Å². The average Bonchev–Trinajstić information content (AvgIpc) is 2.63. The molecule has 2 aromatic rings. The van der Waals surface area contributed by atoms with Crippen LogP contribution in [0.4, 0.5) is 5.69 Å². The topological polar surface area (TPSA) is 73.8 Å². The highest BCUT2D eigenvalue weighted by Crippen LogP contribution is 2.27. The van der Waals surface area contributed by atoms with E-state index in [9.17, 15) is 10.1 Å². The van der Waals surface area contributed by atoms with Gasteiger partial charge in [-0.2, -0.15) is 0 Å². The molecule has 0 bridgehead atoms. The van der Waals surface area contributed by atoms with Gasteiger partial charge in [0.2, 0.25) is 0 Å². The van der Waals surface area contributed by atoms with Crippen molar-refractivity contribution in [3.05, 3.63) is 39.8 Å². The number of pyridine rings is 1. The molecule has 0 unspecified atom stereocenters. The van der Waals surface area contributed by atoms with E-state index in [0.717, 1.165) is 0 Å². The summed E-state index contributed by atoms with van der Waals surface area (Å²) in [6.45, 7) is 0. The summed E-state index contributed by atoms with van der Waals surface area (Å²) in [5.41, 5.74) is 0.0590. The van der Waals surface area contributed by atoms with Crippen LogP contribution in [0.2, 0.25) is 5.15 Å². The van der Waals surface area contributed by atoms with Crippen LogP contribution in [0.3, 0.4) is 0 Å². The molecule has 82 valence electrons. The molecule has 6 nitrogen and oxygen atoms in total. The monoisotopic (exact) mass is 238 g/mol. The number of hydrogen-bond donors (Lipinski definition) is 0. The summed E-state index contributed by atoms with van der Waals surface area (Å²) in [5, 5.41) is 11.0. The highest BCUT2D eigenvalue weighted by molar-refractivity contribution is 6.29.